The van der Waals surface area contributed by atoms with Crippen molar-refractivity contribution < 1.29 is 0 Å². The van der Waals surface area contributed by atoms with Crippen LogP contribution in [0.25, 0.3) is 0 Å². The second-order valence-corrected chi connectivity index (χ2v) is 4.52. The molecule has 2 aromatic rings. The van der Waals surface area contributed by atoms with Crippen LogP contribution < -0.4 is 0 Å². The zero-order valence-corrected chi connectivity index (χ0v) is 11.2. The van der Waals surface area contributed by atoms with Crippen LogP contribution in [0, 0.1) is 11.3 Å². The first kappa shape index (κ1) is 13.2. The molecule has 0 bridgehead atoms. The molecule has 0 atom stereocenters. The van der Waals surface area contributed by atoms with Crippen LogP contribution in [0.1, 0.15) is 49.6 Å². The number of hydrogen-bond donors (Lipinski definition) is 0. The lowest BCUT2D eigenvalue weighted by Crippen LogP contribution is -2.11. The molecule has 0 N–H and O–H groups in total. The summed E-state index contributed by atoms with van der Waals surface area (Å²) in [6.45, 7) is 4.89. The Kier molecular flexibility index (Phi) is 4.24. The van der Waals surface area contributed by atoms with E-state index in [9.17, 15) is 0 Å². The van der Waals surface area contributed by atoms with Crippen LogP contribution in [0.4, 0.5) is 0 Å². The van der Waals surface area contributed by atoms with Gasteiger partial charge in [0.1, 0.15) is 0 Å². The Morgan fingerprint density at radius 2 is 2.11 bits per heavy atom. The maximum absolute atomic E-state index is 8.91. The molecule has 1 heterocycles. The lowest BCUT2D eigenvalue weighted by atomic mass is 10.0. The summed E-state index contributed by atoms with van der Waals surface area (Å²) in [6, 6.07) is 9.68. The summed E-state index contributed by atoms with van der Waals surface area (Å²) in [6.07, 6.45) is 2.05. The van der Waals surface area contributed by atoms with Crippen molar-refractivity contribution in [2.75, 3.05) is 0 Å². The van der Waals surface area contributed by atoms with Gasteiger partial charge in [0, 0.05) is 5.92 Å². The molecule has 0 radical (unpaired) electrons. The van der Waals surface area contributed by atoms with E-state index >= 15 is 0 Å². The lowest BCUT2D eigenvalue weighted by molar-refractivity contribution is 0.536. The number of nitriles is 1. The van der Waals surface area contributed by atoms with Gasteiger partial charge in [-0.15, -0.1) is 5.10 Å². The van der Waals surface area contributed by atoms with Crippen LogP contribution in [0.5, 0.6) is 0 Å². The summed E-state index contributed by atoms with van der Waals surface area (Å²) in [7, 11) is 0. The van der Waals surface area contributed by atoms with Gasteiger partial charge < -0.3 is 0 Å². The summed E-state index contributed by atoms with van der Waals surface area (Å²) in [4.78, 5) is 0. The topological polar surface area (TPSA) is 67.4 Å². The van der Waals surface area contributed by atoms with Crippen molar-refractivity contribution in [2.24, 2.45) is 0 Å². The van der Waals surface area contributed by atoms with Crippen LogP contribution in [-0.2, 0) is 6.54 Å². The average molecular weight is 255 g/mol. The van der Waals surface area contributed by atoms with Gasteiger partial charge in [0.05, 0.1) is 18.2 Å². The monoisotopic (exact) mass is 255 g/mol. The van der Waals surface area contributed by atoms with E-state index in [2.05, 4.69) is 35.4 Å². The first-order chi connectivity index (χ1) is 9.28. The van der Waals surface area contributed by atoms with Gasteiger partial charge in [0.2, 0.25) is 0 Å². The molecule has 0 amide bonds. The Balaban J connectivity index is 2.24. The highest BCUT2D eigenvalue weighted by atomic mass is 15.5. The van der Waals surface area contributed by atoms with Gasteiger partial charge in [-0.25, -0.2) is 4.68 Å². The Bertz CT molecular complexity index is 578. The first-order valence-corrected chi connectivity index (χ1v) is 6.53. The Hall–Kier alpha value is -2.22. The molecule has 0 aliphatic carbocycles. The minimum Gasteiger partial charge on any atom is -0.225 e. The molecule has 0 saturated heterocycles. The van der Waals surface area contributed by atoms with Crippen molar-refractivity contribution in [3.8, 4) is 6.07 Å². The molecule has 0 aliphatic rings. The van der Waals surface area contributed by atoms with E-state index in [1.807, 2.05) is 22.9 Å². The van der Waals surface area contributed by atoms with Crippen LogP contribution in [0.2, 0.25) is 0 Å². The van der Waals surface area contributed by atoms with E-state index in [0.717, 1.165) is 24.2 Å². The first-order valence-electron chi connectivity index (χ1n) is 6.53. The van der Waals surface area contributed by atoms with E-state index in [1.165, 1.54) is 0 Å². The second kappa shape index (κ2) is 6.10. The largest absolute Gasteiger partial charge is 0.225 e. The number of rotatable bonds is 5. The number of hydrogen-bond acceptors (Lipinski definition) is 4. The molecule has 1 aromatic carbocycles. The smallest absolute Gasteiger partial charge is 0.154 e. The van der Waals surface area contributed by atoms with Gasteiger partial charge in [-0.3, -0.25) is 0 Å². The van der Waals surface area contributed by atoms with Gasteiger partial charge in [0.25, 0.3) is 0 Å². The van der Waals surface area contributed by atoms with Crippen LogP contribution in [0.15, 0.2) is 24.3 Å². The highest BCUT2D eigenvalue weighted by molar-refractivity contribution is 5.32. The second-order valence-electron chi connectivity index (χ2n) is 4.52. The summed E-state index contributed by atoms with van der Waals surface area (Å²) < 4.78 is 1.83. The van der Waals surface area contributed by atoms with Gasteiger partial charge >= 0.3 is 0 Å². The maximum atomic E-state index is 8.91. The quantitative estimate of drug-likeness (QED) is 0.823. The van der Waals surface area contributed by atoms with Gasteiger partial charge in [-0.05, 0) is 41.0 Å². The highest BCUT2D eigenvalue weighted by Gasteiger charge is 2.15. The van der Waals surface area contributed by atoms with Crippen molar-refractivity contribution in [1.82, 2.24) is 20.2 Å². The highest BCUT2D eigenvalue weighted by Crippen LogP contribution is 2.20. The zero-order chi connectivity index (χ0) is 13.7. The van der Waals surface area contributed by atoms with Crippen molar-refractivity contribution >= 4 is 0 Å². The molecule has 0 spiro atoms. The standard InChI is InChI=1S/C14H17N5/c1-3-13(4-2)14-16-17-18-19(14)10-12-7-5-6-11(8-12)9-15/h5-8,13H,3-4,10H2,1-2H3. The number of nitrogens with zero attached hydrogens (tertiary/aromatic N) is 5. The van der Waals surface area contributed by atoms with E-state index < -0.39 is 0 Å². The summed E-state index contributed by atoms with van der Waals surface area (Å²) >= 11 is 0. The number of aromatic nitrogens is 4. The summed E-state index contributed by atoms with van der Waals surface area (Å²) in [5.41, 5.74) is 1.70. The summed E-state index contributed by atoms with van der Waals surface area (Å²) in [5, 5.41) is 20.9. The van der Waals surface area contributed by atoms with Crippen LogP contribution in [-0.4, -0.2) is 20.2 Å². The molecule has 0 aliphatic heterocycles. The van der Waals surface area contributed by atoms with Crippen molar-refractivity contribution in [3.63, 3.8) is 0 Å². The van der Waals surface area contributed by atoms with E-state index in [4.69, 9.17) is 5.26 Å². The summed E-state index contributed by atoms with van der Waals surface area (Å²) in [5.74, 6) is 1.31. The van der Waals surface area contributed by atoms with Crippen molar-refractivity contribution in [1.29, 1.82) is 5.26 Å². The molecule has 5 heteroatoms. The third-order valence-electron chi connectivity index (χ3n) is 3.30. The predicted molar refractivity (Wildman–Crippen MR) is 71.4 cm³/mol. The molecule has 2 rings (SSSR count). The lowest BCUT2D eigenvalue weighted by Gasteiger charge is -2.12. The van der Waals surface area contributed by atoms with Gasteiger partial charge in [0.15, 0.2) is 5.82 Å². The minimum atomic E-state index is 0.383. The Morgan fingerprint density at radius 1 is 1.32 bits per heavy atom. The Labute approximate surface area is 112 Å². The molecule has 19 heavy (non-hydrogen) atoms. The third kappa shape index (κ3) is 2.97. The molecule has 0 fully saturated rings. The third-order valence-corrected chi connectivity index (χ3v) is 3.30. The molecule has 0 unspecified atom stereocenters. The normalized spacial score (nSPS) is 10.6. The molecule has 0 saturated carbocycles. The average Bonchev–Trinajstić information content (AvgIpc) is 2.89. The van der Waals surface area contributed by atoms with E-state index in [-0.39, 0.29) is 0 Å². The molecule has 1 aromatic heterocycles. The van der Waals surface area contributed by atoms with Crippen LogP contribution >= 0.6 is 0 Å². The maximum Gasteiger partial charge on any atom is 0.154 e. The fourth-order valence-corrected chi connectivity index (χ4v) is 2.18. The molecule has 5 nitrogen and oxygen atoms in total. The molecule has 98 valence electrons. The van der Waals surface area contributed by atoms with E-state index in [0.29, 0.717) is 18.0 Å². The number of benzene rings is 1. The van der Waals surface area contributed by atoms with E-state index in [1.54, 1.807) is 6.07 Å². The minimum absolute atomic E-state index is 0.383. The van der Waals surface area contributed by atoms with Crippen molar-refractivity contribution in [2.45, 2.75) is 39.2 Å². The van der Waals surface area contributed by atoms with Gasteiger partial charge in [-0.2, -0.15) is 5.26 Å². The fraction of sp³-hybridized carbons (Fsp3) is 0.429. The predicted octanol–water partition coefficient (Wildman–Crippen LogP) is 2.50. The molecular weight excluding hydrogens is 238 g/mol. The zero-order valence-electron chi connectivity index (χ0n) is 11.2. The Morgan fingerprint density at radius 3 is 2.79 bits per heavy atom. The fourth-order valence-electron chi connectivity index (χ4n) is 2.18. The van der Waals surface area contributed by atoms with Gasteiger partial charge in [-0.1, -0.05) is 26.0 Å². The number of tetrazole rings is 1. The molecular formula is C14H17N5. The van der Waals surface area contributed by atoms with Crippen LogP contribution in [0.3, 0.4) is 0 Å². The SMILES string of the molecule is CCC(CC)c1nnnn1Cc1cccc(C#N)c1. The van der Waals surface area contributed by atoms with Crippen molar-refractivity contribution in [3.05, 3.63) is 41.2 Å².